The van der Waals surface area contributed by atoms with E-state index in [-0.39, 0.29) is 22.6 Å². The highest BCUT2D eigenvalue weighted by atomic mass is 35.5. The molecule has 1 N–H and O–H groups in total. The van der Waals surface area contributed by atoms with Crippen molar-refractivity contribution < 1.29 is 17.9 Å². The predicted octanol–water partition coefficient (Wildman–Crippen LogP) is 4.76. The Morgan fingerprint density at radius 1 is 1.33 bits per heavy atom. The Bertz CT molecular complexity index is 860. The minimum atomic E-state index is -3.81. The van der Waals surface area contributed by atoms with Gasteiger partial charge >= 0.3 is 5.38 Å². The molecule has 1 heterocycles. The van der Waals surface area contributed by atoms with Gasteiger partial charge in [-0.05, 0) is 43.7 Å². The summed E-state index contributed by atoms with van der Waals surface area (Å²) < 4.78 is 46.1. The standard InChI is InChI=1S/C14H11Cl2F3N2O2S/c1-6(2)23-10-4-9(8(17)3-7(10)15)21-12(22)5-11(14(16,18)19)20-13(21)24/h3-6H,1-2H3,(H,20,24). The molecule has 24 heavy (non-hydrogen) atoms. The molecule has 0 spiro atoms. The van der Waals surface area contributed by atoms with Crippen LogP contribution in [0.1, 0.15) is 19.5 Å². The van der Waals surface area contributed by atoms with E-state index in [1.54, 1.807) is 13.8 Å². The molecule has 0 unspecified atom stereocenters. The highest BCUT2D eigenvalue weighted by molar-refractivity contribution is 7.71. The molecule has 0 aliphatic rings. The maximum Gasteiger partial charge on any atom is 0.362 e. The fraction of sp³-hybridized carbons (Fsp3) is 0.286. The fourth-order valence-corrected chi connectivity index (χ4v) is 2.51. The van der Waals surface area contributed by atoms with Crippen LogP contribution in [-0.4, -0.2) is 15.7 Å². The molecule has 0 bridgehead atoms. The molecule has 0 saturated carbocycles. The molecule has 130 valence electrons. The van der Waals surface area contributed by atoms with Crippen molar-refractivity contribution in [3.8, 4) is 11.4 Å². The average molecular weight is 399 g/mol. The van der Waals surface area contributed by atoms with Crippen LogP contribution >= 0.6 is 35.4 Å². The van der Waals surface area contributed by atoms with Gasteiger partial charge in [-0.3, -0.25) is 9.36 Å². The van der Waals surface area contributed by atoms with E-state index >= 15 is 0 Å². The first-order chi connectivity index (χ1) is 11.0. The number of hydrogen-bond acceptors (Lipinski definition) is 3. The molecule has 2 aromatic rings. The van der Waals surface area contributed by atoms with Gasteiger partial charge in [-0.15, -0.1) is 0 Å². The zero-order valence-electron chi connectivity index (χ0n) is 12.4. The monoisotopic (exact) mass is 398 g/mol. The number of H-pyrrole nitrogens is 1. The minimum absolute atomic E-state index is 0.00295. The van der Waals surface area contributed by atoms with Crippen LogP contribution in [0.3, 0.4) is 0 Å². The molecule has 1 aromatic heterocycles. The highest BCUT2D eigenvalue weighted by Crippen LogP contribution is 2.32. The van der Waals surface area contributed by atoms with Crippen molar-refractivity contribution in [3.63, 3.8) is 0 Å². The largest absolute Gasteiger partial charge is 0.489 e. The average Bonchev–Trinajstić information content (AvgIpc) is 2.41. The van der Waals surface area contributed by atoms with E-state index in [0.29, 0.717) is 10.6 Å². The molecule has 10 heteroatoms. The lowest BCUT2D eigenvalue weighted by Gasteiger charge is -2.15. The van der Waals surface area contributed by atoms with Crippen LogP contribution in [0.15, 0.2) is 23.0 Å². The summed E-state index contributed by atoms with van der Waals surface area (Å²) in [5, 5.41) is -3.81. The van der Waals surface area contributed by atoms with Gasteiger partial charge in [0, 0.05) is 12.1 Å². The van der Waals surface area contributed by atoms with Gasteiger partial charge in [-0.25, -0.2) is 4.39 Å². The van der Waals surface area contributed by atoms with E-state index in [1.807, 2.05) is 0 Å². The SMILES string of the molecule is CC(C)Oc1cc(-n2c(=O)cc(C(F)(F)Cl)[nH]c2=S)c(F)cc1Cl. The van der Waals surface area contributed by atoms with Crippen LogP contribution in [0.2, 0.25) is 5.02 Å². The number of rotatable bonds is 4. The summed E-state index contributed by atoms with van der Waals surface area (Å²) in [4.78, 5) is 14.2. The summed E-state index contributed by atoms with van der Waals surface area (Å²) >= 11 is 15.6. The Labute approximate surface area is 149 Å². The second-order valence-electron chi connectivity index (χ2n) is 5.06. The first-order valence-electron chi connectivity index (χ1n) is 6.60. The van der Waals surface area contributed by atoms with Crippen LogP contribution in [0.4, 0.5) is 13.2 Å². The van der Waals surface area contributed by atoms with Crippen molar-refractivity contribution in [2.24, 2.45) is 0 Å². The Hall–Kier alpha value is -1.51. The second kappa shape index (κ2) is 6.78. The van der Waals surface area contributed by atoms with E-state index < -0.39 is 27.2 Å². The number of nitrogens with one attached hydrogen (secondary N) is 1. The molecule has 2 rings (SSSR count). The predicted molar refractivity (Wildman–Crippen MR) is 87.7 cm³/mol. The summed E-state index contributed by atoms with van der Waals surface area (Å²) in [6, 6.07) is 2.65. The van der Waals surface area contributed by atoms with Crippen molar-refractivity contribution in [1.82, 2.24) is 9.55 Å². The van der Waals surface area contributed by atoms with Crippen LogP contribution in [0.25, 0.3) is 5.69 Å². The number of halogens is 5. The Morgan fingerprint density at radius 3 is 2.46 bits per heavy atom. The van der Waals surface area contributed by atoms with Crippen LogP contribution < -0.4 is 10.3 Å². The molecular weight excluding hydrogens is 388 g/mol. The summed E-state index contributed by atoms with van der Waals surface area (Å²) in [6.45, 7) is 3.46. The lowest BCUT2D eigenvalue weighted by atomic mass is 10.2. The quantitative estimate of drug-likeness (QED) is 0.596. The molecule has 0 fully saturated rings. The number of hydrogen-bond donors (Lipinski definition) is 1. The zero-order chi connectivity index (χ0) is 18.2. The molecule has 1 aromatic carbocycles. The van der Waals surface area contributed by atoms with Gasteiger partial charge in [-0.2, -0.15) is 8.78 Å². The molecule has 0 aliphatic carbocycles. The number of aromatic nitrogens is 2. The topological polar surface area (TPSA) is 47.0 Å². The van der Waals surface area contributed by atoms with Crippen molar-refractivity contribution in [2.75, 3.05) is 0 Å². The van der Waals surface area contributed by atoms with Gasteiger partial charge in [0.2, 0.25) is 0 Å². The normalized spacial score (nSPS) is 11.8. The Balaban J connectivity index is 2.69. The Morgan fingerprint density at radius 2 is 1.96 bits per heavy atom. The molecule has 0 radical (unpaired) electrons. The van der Waals surface area contributed by atoms with Gasteiger partial charge in [0.05, 0.1) is 16.8 Å². The number of ether oxygens (including phenoxy) is 1. The number of benzene rings is 1. The summed E-state index contributed by atoms with van der Waals surface area (Å²) in [6.07, 6.45) is -0.260. The van der Waals surface area contributed by atoms with E-state index in [4.69, 9.17) is 40.2 Å². The van der Waals surface area contributed by atoms with Gasteiger partial charge in [0.1, 0.15) is 17.3 Å². The molecular formula is C14H11Cl2F3N2O2S. The second-order valence-corrected chi connectivity index (χ2v) is 6.33. The van der Waals surface area contributed by atoms with Gasteiger partial charge < -0.3 is 9.72 Å². The molecule has 0 atom stereocenters. The molecule has 0 aliphatic heterocycles. The van der Waals surface area contributed by atoms with E-state index in [1.165, 1.54) is 6.07 Å². The highest BCUT2D eigenvalue weighted by Gasteiger charge is 2.30. The van der Waals surface area contributed by atoms with Crippen molar-refractivity contribution in [1.29, 1.82) is 0 Å². The van der Waals surface area contributed by atoms with Gasteiger partial charge in [0.25, 0.3) is 5.56 Å². The van der Waals surface area contributed by atoms with Crippen molar-refractivity contribution >= 4 is 35.4 Å². The lowest BCUT2D eigenvalue weighted by molar-refractivity contribution is 0.0894. The van der Waals surface area contributed by atoms with Crippen molar-refractivity contribution in [2.45, 2.75) is 25.3 Å². The molecule has 0 amide bonds. The Kier molecular flexibility index (Phi) is 5.31. The van der Waals surface area contributed by atoms with Crippen LogP contribution in [-0.2, 0) is 5.38 Å². The van der Waals surface area contributed by atoms with Crippen LogP contribution in [0, 0.1) is 10.6 Å². The number of alkyl halides is 3. The van der Waals surface area contributed by atoms with Crippen molar-refractivity contribution in [3.05, 3.63) is 49.9 Å². The summed E-state index contributed by atoms with van der Waals surface area (Å²) in [5.74, 6) is -0.751. The molecule has 0 saturated heterocycles. The van der Waals surface area contributed by atoms with E-state index in [9.17, 15) is 18.0 Å². The zero-order valence-corrected chi connectivity index (χ0v) is 14.7. The summed E-state index contributed by atoms with van der Waals surface area (Å²) in [7, 11) is 0. The van der Waals surface area contributed by atoms with Crippen LogP contribution in [0.5, 0.6) is 5.75 Å². The first kappa shape index (κ1) is 18.8. The van der Waals surface area contributed by atoms with Gasteiger partial charge in [-0.1, -0.05) is 11.6 Å². The first-order valence-corrected chi connectivity index (χ1v) is 7.76. The third kappa shape index (κ3) is 3.93. The van der Waals surface area contributed by atoms with Gasteiger partial charge in [0.15, 0.2) is 4.77 Å². The van der Waals surface area contributed by atoms with E-state index in [2.05, 4.69) is 4.98 Å². The third-order valence-electron chi connectivity index (χ3n) is 2.84. The maximum absolute atomic E-state index is 14.2. The summed E-state index contributed by atoms with van der Waals surface area (Å²) in [5.41, 5.74) is -2.15. The molecule has 4 nitrogen and oxygen atoms in total. The minimum Gasteiger partial charge on any atom is -0.489 e. The maximum atomic E-state index is 14.2. The lowest BCUT2D eigenvalue weighted by Crippen LogP contribution is -2.24. The number of nitrogens with zero attached hydrogens (tertiary/aromatic N) is 1. The number of aromatic amines is 1. The fourth-order valence-electron chi connectivity index (χ4n) is 1.91. The van der Waals surface area contributed by atoms with E-state index in [0.717, 1.165) is 6.07 Å². The third-order valence-corrected chi connectivity index (χ3v) is 3.63. The smallest absolute Gasteiger partial charge is 0.362 e.